The van der Waals surface area contributed by atoms with Crippen LogP contribution in [0.3, 0.4) is 0 Å². The largest absolute Gasteiger partial charge is 0.360 e. The van der Waals surface area contributed by atoms with Crippen LogP contribution in [0.2, 0.25) is 0 Å². The summed E-state index contributed by atoms with van der Waals surface area (Å²) in [6, 6.07) is 0.590. The van der Waals surface area contributed by atoms with Crippen LogP contribution < -0.4 is 10.6 Å². The smallest absolute Gasteiger partial charge is 0.167 e. The number of nitrogens with one attached hydrogen (secondary N) is 3. The minimum atomic E-state index is 0.0566. The van der Waals surface area contributed by atoms with E-state index in [4.69, 9.17) is 12.2 Å². The summed E-state index contributed by atoms with van der Waals surface area (Å²) in [6.07, 6.45) is 7.91. The highest BCUT2D eigenvalue weighted by molar-refractivity contribution is 7.80. The van der Waals surface area contributed by atoms with E-state index in [0.29, 0.717) is 11.2 Å². The van der Waals surface area contributed by atoms with E-state index in [9.17, 15) is 0 Å². The molecule has 1 fully saturated rings. The molecule has 0 amide bonds. The lowest BCUT2D eigenvalue weighted by Gasteiger charge is -2.25. The van der Waals surface area contributed by atoms with Crippen molar-refractivity contribution in [2.24, 2.45) is 0 Å². The van der Waals surface area contributed by atoms with E-state index < -0.39 is 0 Å². The van der Waals surface area contributed by atoms with E-state index in [1.807, 2.05) is 6.92 Å². The molecular weight excluding hydrogens is 234 g/mol. The van der Waals surface area contributed by atoms with Crippen molar-refractivity contribution in [3.05, 3.63) is 12.2 Å². The van der Waals surface area contributed by atoms with Gasteiger partial charge in [0.25, 0.3) is 0 Å². The van der Waals surface area contributed by atoms with Crippen molar-refractivity contribution in [2.75, 3.05) is 0 Å². The number of aromatic amines is 1. The Bertz CT molecular complexity index is 345. The third kappa shape index (κ3) is 3.66. The summed E-state index contributed by atoms with van der Waals surface area (Å²) < 4.78 is 0. The molecular formula is C11H19N5S. The lowest BCUT2D eigenvalue weighted by Crippen LogP contribution is -2.43. The maximum atomic E-state index is 5.30. The second-order valence-electron chi connectivity index (χ2n) is 4.55. The Hall–Kier alpha value is -1.17. The third-order valence-corrected chi connectivity index (χ3v) is 3.37. The number of rotatable bonds is 3. The second-order valence-corrected chi connectivity index (χ2v) is 4.95. The van der Waals surface area contributed by atoms with Gasteiger partial charge in [0.1, 0.15) is 12.2 Å². The van der Waals surface area contributed by atoms with E-state index in [1.54, 1.807) is 0 Å². The fourth-order valence-corrected chi connectivity index (χ4v) is 2.51. The van der Waals surface area contributed by atoms with Gasteiger partial charge < -0.3 is 10.6 Å². The molecule has 0 aliphatic heterocycles. The molecule has 1 aliphatic carbocycles. The molecule has 1 aromatic rings. The molecule has 0 saturated heterocycles. The van der Waals surface area contributed by atoms with Crippen LogP contribution in [0.4, 0.5) is 0 Å². The van der Waals surface area contributed by atoms with E-state index in [1.165, 1.54) is 38.4 Å². The van der Waals surface area contributed by atoms with Crippen molar-refractivity contribution < 1.29 is 0 Å². The van der Waals surface area contributed by atoms with Crippen LogP contribution in [0, 0.1) is 0 Å². The van der Waals surface area contributed by atoms with Gasteiger partial charge in [0.2, 0.25) is 0 Å². The van der Waals surface area contributed by atoms with Crippen LogP contribution in [-0.4, -0.2) is 26.3 Å². The number of thiocarbonyl (C=S) groups is 1. The van der Waals surface area contributed by atoms with E-state index >= 15 is 0 Å². The maximum absolute atomic E-state index is 5.30. The molecule has 94 valence electrons. The molecule has 1 heterocycles. The highest BCUT2D eigenvalue weighted by atomic mass is 32.1. The predicted molar refractivity (Wildman–Crippen MR) is 70.5 cm³/mol. The molecule has 0 spiro atoms. The Balaban J connectivity index is 1.76. The number of hydrogen-bond acceptors (Lipinski definition) is 3. The second kappa shape index (κ2) is 5.95. The Kier molecular flexibility index (Phi) is 4.30. The number of nitrogens with zero attached hydrogens (tertiary/aromatic N) is 2. The summed E-state index contributed by atoms with van der Waals surface area (Å²) in [7, 11) is 0. The van der Waals surface area contributed by atoms with Crippen molar-refractivity contribution in [2.45, 2.75) is 51.1 Å². The predicted octanol–water partition coefficient (Wildman–Crippen LogP) is 1.66. The van der Waals surface area contributed by atoms with E-state index in [0.717, 1.165) is 5.82 Å². The van der Waals surface area contributed by atoms with Crippen molar-refractivity contribution >= 4 is 17.3 Å². The molecule has 1 aliphatic rings. The van der Waals surface area contributed by atoms with Gasteiger partial charge in [-0.3, -0.25) is 5.10 Å². The molecule has 17 heavy (non-hydrogen) atoms. The standard InChI is InChI=1S/C11H19N5S/c1-8(10-12-7-13-16-10)14-11(17)15-9-5-3-2-4-6-9/h7-9H,2-6H2,1H3,(H,12,13,16)(H2,14,15,17). The van der Waals surface area contributed by atoms with Crippen LogP contribution >= 0.6 is 12.2 Å². The number of aromatic nitrogens is 3. The molecule has 0 radical (unpaired) electrons. The first-order chi connectivity index (χ1) is 8.25. The van der Waals surface area contributed by atoms with Crippen LogP contribution in [0.1, 0.15) is 50.9 Å². The summed E-state index contributed by atoms with van der Waals surface area (Å²) in [5.41, 5.74) is 0. The lowest BCUT2D eigenvalue weighted by atomic mass is 9.96. The molecule has 1 atom stereocenters. The summed E-state index contributed by atoms with van der Waals surface area (Å²) in [4.78, 5) is 4.10. The van der Waals surface area contributed by atoms with Crippen LogP contribution in [0.15, 0.2) is 6.33 Å². The Morgan fingerprint density at radius 1 is 1.47 bits per heavy atom. The monoisotopic (exact) mass is 253 g/mol. The van der Waals surface area contributed by atoms with E-state index in [2.05, 4.69) is 25.8 Å². The van der Waals surface area contributed by atoms with Gasteiger partial charge in [0, 0.05) is 6.04 Å². The van der Waals surface area contributed by atoms with Crippen molar-refractivity contribution in [3.8, 4) is 0 Å². The molecule has 1 saturated carbocycles. The normalized spacial score (nSPS) is 18.6. The zero-order valence-electron chi connectivity index (χ0n) is 10.1. The molecule has 6 heteroatoms. The molecule has 1 unspecified atom stereocenters. The van der Waals surface area contributed by atoms with Crippen molar-refractivity contribution in [1.82, 2.24) is 25.8 Å². The third-order valence-electron chi connectivity index (χ3n) is 3.13. The van der Waals surface area contributed by atoms with Crippen LogP contribution in [0.25, 0.3) is 0 Å². The first-order valence-electron chi connectivity index (χ1n) is 6.18. The van der Waals surface area contributed by atoms with E-state index in [-0.39, 0.29) is 6.04 Å². The van der Waals surface area contributed by atoms with Gasteiger partial charge in [0.05, 0.1) is 6.04 Å². The summed E-state index contributed by atoms with van der Waals surface area (Å²) in [6.45, 7) is 2.01. The number of hydrogen-bond donors (Lipinski definition) is 3. The van der Waals surface area contributed by atoms with Crippen molar-refractivity contribution in [1.29, 1.82) is 0 Å². The minimum Gasteiger partial charge on any atom is -0.360 e. The summed E-state index contributed by atoms with van der Waals surface area (Å²) >= 11 is 5.30. The zero-order valence-corrected chi connectivity index (χ0v) is 10.9. The average Bonchev–Trinajstić information content (AvgIpc) is 2.83. The first kappa shape index (κ1) is 12.3. The van der Waals surface area contributed by atoms with Crippen molar-refractivity contribution in [3.63, 3.8) is 0 Å². The van der Waals surface area contributed by atoms with Crippen LogP contribution in [0.5, 0.6) is 0 Å². The molecule has 0 bridgehead atoms. The molecule has 0 aromatic carbocycles. The zero-order chi connectivity index (χ0) is 12.1. The Morgan fingerprint density at radius 2 is 2.24 bits per heavy atom. The summed E-state index contributed by atoms with van der Waals surface area (Å²) in [5, 5.41) is 14.0. The molecule has 5 nitrogen and oxygen atoms in total. The van der Waals surface area contributed by atoms with Gasteiger partial charge in [-0.05, 0) is 32.0 Å². The quantitative estimate of drug-likeness (QED) is 0.715. The topological polar surface area (TPSA) is 65.6 Å². The van der Waals surface area contributed by atoms with Crippen LogP contribution in [-0.2, 0) is 0 Å². The fraction of sp³-hybridized carbons (Fsp3) is 0.727. The number of H-pyrrole nitrogens is 1. The maximum Gasteiger partial charge on any atom is 0.167 e. The summed E-state index contributed by atoms with van der Waals surface area (Å²) in [5.74, 6) is 0.804. The van der Waals surface area contributed by atoms with Gasteiger partial charge in [-0.2, -0.15) is 5.10 Å². The van der Waals surface area contributed by atoms with Gasteiger partial charge in [0.15, 0.2) is 5.11 Å². The molecule has 1 aromatic heterocycles. The van der Waals surface area contributed by atoms with Gasteiger partial charge in [-0.25, -0.2) is 4.98 Å². The highest BCUT2D eigenvalue weighted by Crippen LogP contribution is 2.17. The average molecular weight is 253 g/mol. The fourth-order valence-electron chi connectivity index (χ4n) is 2.16. The first-order valence-corrected chi connectivity index (χ1v) is 6.59. The Morgan fingerprint density at radius 3 is 2.88 bits per heavy atom. The highest BCUT2D eigenvalue weighted by Gasteiger charge is 2.15. The molecule has 3 N–H and O–H groups in total. The SMILES string of the molecule is CC(NC(=S)NC1CCCCC1)c1ncn[nH]1. The van der Waals surface area contributed by atoms with Gasteiger partial charge >= 0.3 is 0 Å². The minimum absolute atomic E-state index is 0.0566. The Labute approximate surface area is 107 Å². The molecule has 2 rings (SSSR count). The van der Waals surface area contributed by atoms with Gasteiger partial charge in [-0.15, -0.1) is 0 Å². The lowest BCUT2D eigenvalue weighted by molar-refractivity contribution is 0.410. The van der Waals surface area contributed by atoms with Gasteiger partial charge in [-0.1, -0.05) is 19.3 Å².